The zero-order valence-electron chi connectivity index (χ0n) is 14.9. The molecule has 1 aliphatic rings. The first-order chi connectivity index (χ1) is 10.8. The van der Waals surface area contributed by atoms with E-state index in [9.17, 15) is 9.90 Å². The highest BCUT2D eigenvalue weighted by Gasteiger charge is 2.51. The topological polar surface area (TPSA) is 58.6 Å². The summed E-state index contributed by atoms with van der Waals surface area (Å²) in [6, 6.07) is 5.98. The molecule has 0 bridgehead atoms. The van der Waals surface area contributed by atoms with Crippen LogP contribution in [0.3, 0.4) is 0 Å². The molecule has 4 nitrogen and oxygen atoms in total. The monoisotopic (exact) mass is 319 g/mol. The second-order valence-electron chi connectivity index (χ2n) is 7.12. The maximum absolute atomic E-state index is 12.7. The number of benzene rings is 1. The summed E-state index contributed by atoms with van der Waals surface area (Å²) in [4.78, 5) is 12.7. The molecule has 128 valence electrons. The van der Waals surface area contributed by atoms with Gasteiger partial charge in [-0.1, -0.05) is 32.4 Å². The van der Waals surface area contributed by atoms with Crippen LogP contribution in [0.5, 0.6) is 5.75 Å². The van der Waals surface area contributed by atoms with Crippen molar-refractivity contribution in [3.63, 3.8) is 0 Å². The number of hydrogen-bond acceptors (Lipinski definition) is 3. The second kappa shape index (κ2) is 6.52. The van der Waals surface area contributed by atoms with E-state index in [4.69, 9.17) is 4.74 Å². The van der Waals surface area contributed by atoms with Gasteiger partial charge in [-0.2, -0.15) is 0 Å². The Morgan fingerprint density at radius 3 is 2.65 bits per heavy atom. The van der Waals surface area contributed by atoms with Crippen LogP contribution in [0.1, 0.15) is 51.2 Å². The van der Waals surface area contributed by atoms with Crippen LogP contribution in [-0.4, -0.2) is 30.3 Å². The Hall–Kier alpha value is -1.55. The van der Waals surface area contributed by atoms with Gasteiger partial charge in [0.05, 0.1) is 18.1 Å². The molecule has 23 heavy (non-hydrogen) atoms. The van der Waals surface area contributed by atoms with Gasteiger partial charge in [-0.15, -0.1) is 0 Å². The van der Waals surface area contributed by atoms with Crippen LogP contribution in [-0.2, 0) is 10.2 Å². The van der Waals surface area contributed by atoms with Crippen molar-refractivity contribution in [1.29, 1.82) is 0 Å². The van der Waals surface area contributed by atoms with Gasteiger partial charge in [-0.25, -0.2) is 0 Å². The van der Waals surface area contributed by atoms with Gasteiger partial charge in [0.15, 0.2) is 0 Å². The van der Waals surface area contributed by atoms with Crippen LogP contribution in [0.2, 0.25) is 0 Å². The zero-order chi connectivity index (χ0) is 17.3. The van der Waals surface area contributed by atoms with Crippen molar-refractivity contribution < 1.29 is 14.6 Å². The van der Waals surface area contributed by atoms with Crippen molar-refractivity contribution in [2.24, 2.45) is 5.92 Å². The minimum absolute atomic E-state index is 0.00647. The number of ether oxygens (including phenoxy) is 1. The molecule has 1 aliphatic carbocycles. The van der Waals surface area contributed by atoms with Crippen molar-refractivity contribution in [2.45, 2.75) is 58.0 Å². The smallest absolute Gasteiger partial charge is 0.230 e. The van der Waals surface area contributed by atoms with Crippen LogP contribution < -0.4 is 10.1 Å². The van der Waals surface area contributed by atoms with E-state index in [-0.39, 0.29) is 18.4 Å². The number of hydrogen-bond donors (Lipinski definition) is 2. The molecular weight excluding hydrogens is 290 g/mol. The maximum Gasteiger partial charge on any atom is 0.230 e. The van der Waals surface area contributed by atoms with Crippen LogP contribution in [0.15, 0.2) is 18.2 Å². The van der Waals surface area contributed by atoms with Crippen molar-refractivity contribution in [3.05, 3.63) is 29.3 Å². The van der Waals surface area contributed by atoms with Crippen molar-refractivity contribution in [1.82, 2.24) is 5.32 Å². The highest BCUT2D eigenvalue weighted by Crippen LogP contribution is 2.49. The normalized spacial score (nSPS) is 19.6. The number of rotatable bonds is 7. The van der Waals surface area contributed by atoms with Gasteiger partial charge in [0, 0.05) is 6.54 Å². The molecule has 0 radical (unpaired) electrons. The molecule has 1 aromatic carbocycles. The van der Waals surface area contributed by atoms with E-state index in [2.05, 4.69) is 5.32 Å². The summed E-state index contributed by atoms with van der Waals surface area (Å²) in [5.41, 5.74) is 0.727. The number of amides is 1. The maximum atomic E-state index is 12.7. The summed E-state index contributed by atoms with van der Waals surface area (Å²) in [5.74, 6) is 0.956. The van der Waals surface area contributed by atoms with Gasteiger partial charge >= 0.3 is 0 Å². The van der Waals surface area contributed by atoms with Gasteiger partial charge in [-0.3, -0.25) is 4.79 Å². The summed E-state index contributed by atoms with van der Waals surface area (Å²) < 4.78 is 5.38. The van der Waals surface area contributed by atoms with Crippen molar-refractivity contribution in [2.75, 3.05) is 13.7 Å². The van der Waals surface area contributed by atoms with E-state index in [0.29, 0.717) is 0 Å². The molecule has 1 aromatic rings. The number of carbonyl (C=O) groups excluding carboxylic acids is 1. The average molecular weight is 319 g/mol. The fourth-order valence-electron chi connectivity index (χ4n) is 2.93. The summed E-state index contributed by atoms with van der Waals surface area (Å²) in [5, 5.41) is 13.4. The molecule has 4 heteroatoms. The number of aryl methyl sites for hydroxylation is 1. The van der Waals surface area contributed by atoms with Crippen LogP contribution in [0.4, 0.5) is 0 Å². The van der Waals surface area contributed by atoms with Gasteiger partial charge in [0.25, 0.3) is 0 Å². The number of aliphatic hydroxyl groups is 1. The molecule has 0 aliphatic heterocycles. The SMILES string of the molecule is CCC(C)C(C)(O)CNC(=O)C1(c2ccc(C)c(OC)c2)CC1. The van der Waals surface area contributed by atoms with Crippen molar-refractivity contribution in [3.8, 4) is 5.75 Å². The van der Waals surface area contributed by atoms with Gasteiger partial charge in [0.1, 0.15) is 5.75 Å². The Kier molecular flexibility index (Phi) is 5.04. The quantitative estimate of drug-likeness (QED) is 0.812. The summed E-state index contributed by atoms with van der Waals surface area (Å²) in [7, 11) is 1.65. The predicted octanol–water partition coefficient (Wildman–Crippen LogP) is 2.95. The van der Waals surface area contributed by atoms with E-state index < -0.39 is 11.0 Å². The minimum atomic E-state index is -0.883. The van der Waals surface area contributed by atoms with Gasteiger partial charge < -0.3 is 15.2 Å². The van der Waals surface area contributed by atoms with E-state index in [1.54, 1.807) is 14.0 Å². The Bertz CT molecular complexity index is 576. The fraction of sp³-hybridized carbons (Fsp3) is 0.632. The zero-order valence-corrected chi connectivity index (χ0v) is 14.9. The molecule has 2 rings (SSSR count). The Morgan fingerprint density at radius 1 is 1.48 bits per heavy atom. The highest BCUT2D eigenvalue weighted by atomic mass is 16.5. The van der Waals surface area contributed by atoms with E-state index in [1.165, 1.54) is 0 Å². The van der Waals surface area contributed by atoms with Gasteiger partial charge in [-0.05, 0) is 49.8 Å². The highest BCUT2D eigenvalue weighted by molar-refractivity contribution is 5.91. The molecule has 2 N–H and O–H groups in total. The molecule has 0 heterocycles. The Morgan fingerprint density at radius 2 is 2.13 bits per heavy atom. The molecule has 0 aromatic heterocycles. The molecule has 1 amide bonds. The molecule has 0 saturated heterocycles. The molecular formula is C19H29NO3. The van der Waals surface area contributed by atoms with Crippen LogP contribution in [0.25, 0.3) is 0 Å². The third-order valence-corrected chi connectivity index (χ3v) is 5.43. The Labute approximate surface area is 139 Å². The summed E-state index contributed by atoms with van der Waals surface area (Å²) in [6.07, 6.45) is 2.57. The molecule has 2 atom stereocenters. The average Bonchev–Trinajstić information content (AvgIpc) is 3.34. The lowest BCUT2D eigenvalue weighted by Crippen LogP contribution is -2.47. The lowest BCUT2D eigenvalue weighted by molar-refractivity contribution is -0.125. The van der Waals surface area contributed by atoms with E-state index in [0.717, 1.165) is 36.1 Å². The lowest BCUT2D eigenvalue weighted by atomic mass is 9.88. The predicted molar refractivity (Wildman–Crippen MR) is 91.7 cm³/mol. The van der Waals surface area contributed by atoms with Crippen LogP contribution in [0, 0.1) is 12.8 Å². The second-order valence-corrected chi connectivity index (χ2v) is 7.12. The minimum Gasteiger partial charge on any atom is -0.496 e. The summed E-state index contributed by atoms with van der Waals surface area (Å²) >= 11 is 0. The first kappa shape index (κ1) is 17.8. The number of nitrogens with one attached hydrogen (secondary N) is 1. The third-order valence-electron chi connectivity index (χ3n) is 5.43. The molecule has 0 spiro atoms. The third kappa shape index (κ3) is 3.52. The largest absolute Gasteiger partial charge is 0.496 e. The molecule has 1 saturated carbocycles. The standard InChI is InChI=1S/C19H29NO3/c1-6-14(3)18(4,22)12-20-17(21)19(9-10-19)15-8-7-13(2)16(11-15)23-5/h7-8,11,14,22H,6,9-10,12H2,1-5H3,(H,20,21). The van der Waals surface area contributed by atoms with E-state index >= 15 is 0 Å². The Balaban J connectivity index is 2.10. The fourth-order valence-corrected chi connectivity index (χ4v) is 2.93. The summed E-state index contributed by atoms with van der Waals surface area (Å²) in [6.45, 7) is 8.11. The lowest BCUT2D eigenvalue weighted by Gasteiger charge is -2.30. The van der Waals surface area contributed by atoms with Gasteiger partial charge in [0.2, 0.25) is 5.91 Å². The first-order valence-corrected chi connectivity index (χ1v) is 8.42. The van der Waals surface area contributed by atoms with Crippen LogP contribution >= 0.6 is 0 Å². The number of methoxy groups -OCH3 is 1. The van der Waals surface area contributed by atoms with Crippen molar-refractivity contribution >= 4 is 5.91 Å². The number of carbonyl (C=O) groups is 1. The molecule has 2 unspecified atom stereocenters. The first-order valence-electron chi connectivity index (χ1n) is 8.42. The van der Waals surface area contributed by atoms with E-state index in [1.807, 2.05) is 39.0 Å². The molecule has 1 fully saturated rings.